The molecule has 2 heterocycles. The molecule has 2 aliphatic rings. The van der Waals surface area contributed by atoms with Gasteiger partial charge in [-0.25, -0.2) is 4.79 Å². The van der Waals surface area contributed by atoms with Gasteiger partial charge in [-0.05, 0) is 52.4 Å². The Kier molecular flexibility index (Phi) is 8.16. The van der Waals surface area contributed by atoms with Gasteiger partial charge in [0.25, 0.3) is 0 Å². The van der Waals surface area contributed by atoms with Crippen LogP contribution in [0.1, 0.15) is 47.5 Å². The number of piperidine rings is 1. The van der Waals surface area contributed by atoms with Gasteiger partial charge in [0.05, 0.1) is 13.0 Å². The summed E-state index contributed by atoms with van der Waals surface area (Å²) >= 11 is 0. The number of carbonyl (C=O) groups excluding carboxylic acids is 2. The summed E-state index contributed by atoms with van der Waals surface area (Å²) in [6.45, 7) is 14.1. The number of ether oxygens (including phenoxy) is 2. The number of likely N-dealkylation sites (tertiary alicyclic amines) is 2. The molecular weight excluding hydrogens is 372 g/mol. The van der Waals surface area contributed by atoms with Crippen molar-refractivity contribution in [2.24, 2.45) is 22.7 Å². The topological polar surface area (TPSA) is 83.5 Å². The number of guanidine groups is 1. The Balaban J connectivity index is 1.88. The van der Waals surface area contributed by atoms with Gasteiger partial charge < -0.3 is 24.6 Å². The molecule has 1 N–H and O–H groups in total. The summed E-state index contributed by atoms with van der Waals surface area (Å²) < 4.78 is 10.4. The van der Waals surface area contributed by atoms with E-state index in [4.69, 9.17) is 14.5 Å². The zero-order valence-electron chi connectivity index (χ0n) is 18.9. The van der Waals surface area contributed by atoms with Crippen LogP contribution in [0.5, 0.6) is 0 Å². The molecule has 2 aliphatic heterocycles. The number of nitrogens with one attached hydrogen (secondary N) is 1. The minimum Gasteiger partial charge on any atom is -0.469 e. The molecule has 0 aromatic heterocycles. The van der Waals surface area contributed by atoms with Gasteiger partial charge >= 0.3 is 12.1 Å². The lowest BCUT2D eigenvalue weighted by Crippen LogP contribution is -2.43. The molecule has 2 saturated heterocycles. The van der Waals surface area contributed by atoms with E-state index in [1.807, 2.05) is 27.7 Å². The molecule has 0 aliphatic carbocycles. The molecule has 2 unspecified atom stereocenters. The minimum atomic E-state index is -0.464. The smallest absolute Gasteiger partial charge is 0.410 e. The highest BCUT2D eigenvalue weighted by atomic mass is 16.6. The third-order valence-electron chi connectivity index (χ3n) is 5.52. The van der Waals surface area contributed by atoms with Crippen LogP contribution in [0.2, 0.25) is 0 Å². The largest absolute Gasteiger partial charge is 0.469 e. The number of esters is 1. The predicted molar refractivity (Wildman–Crippen MR) is 113 cm³/mol. The van der Waals surface area contributed by atoms with Crippen molar-refractivity contribution in [2.75, 3.05) is 46.4 Å². The van der Waals surface area contributed by atoms with E-state index >= 15 is 0 Å². The normalized spacial score (nSPS) is 23.9. The molecule has 0 bridgehead atoms. The van der Waals surface area contributed by atoms with Crippen molar-refractivity contribution in [3.63, 3.8) is 0 Å². The first kappa shape index (κ1) is 23.3. The number of rotatable bonds is 4. The molecule has 29 heavy (non-hydrogen) atoms. The Bertz CT molecular complexity index is 594. The van der Waals surface area contributed by atoms with Crippen LogP contribution in [0.25, 0.3) is 0 Å². The van der Waals surface area contributed by atoms with Gasteiger partial charge in [0, 0.05) is 39.3 Å². The predicted octanol–water partition coefficient (Wildman–Crippen LogP) is 2.34. The Labute approximate surface area is 175 Å². The summed E-state index contributed by atoms with van der Waals surface area (Å²) in [4.78, 5) is 33.0. The van der Waals surface area contributed by atoms with Crippen LogP contribution >= 0.6 is 0 Å². The van der Waals surface area contributed by atoms with Crippen molar-refractivity contribution in [2.45, 2.75) is 53.1 Å². The van der Waals surface area contributed by atoms with Crippen molar-refractivity contribution in [1.82, 2.24) is 15.1 Å². The van der Waals surface area contributed by atoms with Crippen LogP contribution in [0.4, 0.5) is 4.79 Å². The van der Waals surface area contributed by atoms with Crippen LogP contribution in [0.3, 0.4) is 0 Å². The van der Waals surface area contributed by atoms with Gasteiger partial charge in [0.1, 0.15) is 5.60 Å². The summed E-state index contributed by atoms with van der Waals surface area (Å²) in [5, 5.41) is 3.35. The van der Waals surface area contributed by atoms with Crippen LogP contribution < -0.4 is 5.32 Å². The first-order chi connectivity index (χ1) is 13.6. The van der Waals surface area contributed by atoms with Gasteiger partial charge in [0.15, 0.2) is 5.96 Å². The summed E-state index contributed by atoms with van der Waals surface area (Å²) in [6.07, 6.45) is 1.61. The zero-order valence-corrected chi connectivity index (χ0v) is 18.9. The molecule has 8 nitrogen and oxygen atoms in total. The summed E-state index contributed by atoms with van der Waals surface area (Å²) in [5.41, 5.74) is -0.464. The third-order valence-corrected chi connectivity index (χ3v) is 5.52. The maximum absolute atomic E-state index is 12.2. The van der Waals surface area contributed by atoms with E-state index in [0.29, 0.717) is 25.6 Å². The number of hydrogen-bond donors (Lipinski definition) is 1. The number of nitrogens with zero attached hydrogens (tertiary/aromatic N) is 3. The standard InChI is InChI=1S/C21H38N4O4/c1-7-22-19(25-13-15(2)17(14-25)18(26)28-6)23-12-16-8-10-24(11-9-16)20(27)29-21(3,4)5/h15-17H,7-14H2,1-6H3,(H,22,23). The van der Waals surface area contributed by atoms with E-state index < -0.39 is 5.60 Å². The van der Waals surface area contributed by atoms with E-state index in [1.165, 1.54) is 7.11 Å². The van der Waals surface area contributed by atoms with Gasteiger partial charge in [-0.15, -0.1) is 0 Å². The second kappa shape index (κ2) is 10.2. The van der Waals surface area contributed by atoms with Crippen molar-refractivity contribution in [1.29, 1.82) is 0 Å². The quantitative estimate of drug-likeness (QED) is 0.435. The van der Waals surface area contributed by atoms with Crippen LogP contribution in [-0.2, 0) is 14.3 Å². The lowest BCUT2D eigenvalue weighted by molar-refractivity contribution is -0.146. The molecule has 0 aromatic carbocycles. The van der Waals surface area contributed by atoms with Crippen molar-refractivity contribution >= 4 is 18.0 Å². The SMILES string of the molecule is CCNC(=NCC1CCN(C(=O)OC(C)(C)C)CC1)N1CC(C)C(C(=O)OC)C1. The average molecular weight is 411 g/mol. The summed E-state index contributed by atoms with van der Waals surface area (Å²) in [6, 6.07) is 0. The highest BCUT2D eigenvalue weighted by Crippen LogP contribution is 2.25. The molecule has 2 atom stereocenters. The second-order valence-electron chi connectivity index (χ2n) is 9.12. The fourth-order valence-corrected chi connectivity index (χ4v) is 3.86. The fourth-order valence-electron chi connectivity index (χ4n) is 3.86. The van der Waals surface area contributed by atoms with E-state index in [-0.39, 0.29) is 23.9 Å². The highest BCUT2D eigenvalue weighted by Gasteiger charge is 2.37. The number of hydrogen-bond acceptors (Lipinski definition) is 5. The van der Waals surface area contributed by atoms with Crippen molar-refractivity contribution in [3.8, 4) is 0 Å². The Hall–Kier alpha value is -1.99. The van der Waals surface area contributed by atoms with E-state index in [1.54, 1.807) is 4.90 Å². The Morgan fingerprint density at radius 1 is 1.14 bits per heavy atom. The van der Waals surface area contributed by atoms with Crippen molar-refractivity contribution < 1.29 is 19.1 Å². The van der Waals surface area contributed by atoms with E-state index in [9.17, 15) is 9.59 Å². The number of carbonyl (C=O) groups is 2. The van der Waals surface area contributed by atoms with E-state index in [0.717, 1.165) is 38.4 Å². The van der Waals surface area contributed by atoms with Gasteiger partial charge in [0.2, 0.25) is 0 Å². The van der Waals surface area contributed by atoms with Gasteiger partial charge in [-0.3, -0.25) is 9.79 Å². The second-order valence-corrected chi connectivity index (χ2v) is 9.12. The Morgan fingerprint density at radius 3 is 2.34 bits per heavy atom. The molecular formula is C21H38N4O4. The maximum atomic E-state index is 12.2. The van der Waals surface area contributed by atoms with Gasteiger partial charge in [-0.2, -0.15) is 0 Å². The number of methoxy groups -OCH3 is 1. The first-order valence-electron chi connectivity index (χ1n) is 10.7. The molecule has 166 valence electrons. The Morgan fingerprint density at radius 2 is 1.79 bits per heavy atom. The fraction of sp³-hybridized carbons (Fsp3) is 0.857. The third kappa shape index (κ3) is 6.78. The number of aliphatic imine (C=N–C) groups is 1. The molecule has 2 rings (SSSR count). The monoisotopic (exact) mass is 410 g/mol. The lowest BCUT2D eigenvalue weighted by Gasteiger charge is -2.33. The first-order valence-corrected chi connectivity index (χ1v) is 10.7. The summed E-state index contributed by atoms with van der Waals surface area (Å²) in [5.74, 6) is 1.29. The molecule has 2 fully saturated rings. The molecule has 0 spiro atoms. The van der Waals surface area contributed by atoms with Crippen LogP contribution in [0.15, 0.2) is 4.99 Å². The van der Waals surface area contributed by atoms with E-state index in [2.05, 4.69) is 17.1 Å². The molecule has 0 radical (unpaired) electrons. The summed E-state index contributed by atoms with van der Waals surface area (Å²) in [7, 11) is 1.45. The molecule has 0 saturated carbocycles. The number of amides is 1. The molecule has 1 amide bonds. The zero-order chi connectivity index (χ0) is 21.6. The lowest BCUT2D eigenvalue weighted by atomic mass is 9.97. The maximum Gasteiger partial charge on any atom is 0.410 e. The highest BCUT2D eigenvalue weighted by molar-refractivity contribution is 5.82. The average Bonchev–Trinajstić information content (AvgIpc) is 3.05. The minimum absolute atomic E-state index is 0.110. The molecule has 0 aromatic rings. The van der Waals surface area contributed by atoms with Crippen LogP contribution in [-0.4, -0.2) is 79.8 Å². The van der Waals surface area contributed by atoms with Gasteiger partial charge in [-0.1, -0.05) is 6.92 Å². The van der Waals surface area contributed by atoms with Crippen molar-refractivity contribution in [3.05, 3.63) is 0 Å². The van der Waals surface area contributed by atoms with Crippen LogP contribution in [0, 0.1) is 17.8 Å². The molecule has 8 heteroatoms.